The van der Waals surface area contributed by atoms with Crippen LogP contribution in [0.5, 0.6) is 0 Å². The molecule has 1 amide bonds. The zero-order chi connectivity index (χ0) is 17.0. The van der Waals surface area contributed by atoms with Gasteiger partial charge in [-0.3, -0.25) is 9.59 Å². The molecule has 1 aliphatic rings. The zero-order valence-corrected chi connectivity index (χ0v) is 13.4. The van der Waals surface area contributed by atoms with E-state index in [1.165, 1.54) is 19.2 Å². The molecule has 0 aliphatic heterocycles. The van der Waals surface area contributed by atoms with Gasteiger partial charge >= 0.3 is 11.9 Å². The number of hydrogen-bond acceptors (Lipinski definition) is 4. The lowest BCUT2D eigenvalue weighted by Crippen LogP contribution is -2.36. The van der Waals surface area contributed by atoms with Gasteiger partial charge in [-0.05, 0) is 31.0 Å². The number of carboxylic acid groups (broad SMARTS) is 1. The van der Waals surface area contributed by atoms with Gasteiger partial charge < -0.3 is 15.2 Å². The van der Waals surface area contributed by atoms with Gasteiger partial charge in [0.25, 0.3) is 0 Å². The van der Waals surface area contributed by atoms with Crippen LogP contribution in [0.15, 0.2) is 18.2 Å². The summed E-state index contributed by atoms with van der Waals surface area (Å²) in [6.45, 7) is 0. The fourth-order valence-corrected chi connectivity index (χ4v) is 3.04. The Balaban J connectivity index is 2.22. The molecule has 2 atom stereocenters. The SMILES string of the molecule is COC(=O)c1cc(Cl)ccc1NC(=O)C1CCCCC1C(=O)O. The number of halogens is 1. The van der Waals surface area contributed by atoms with Crippen molar-refractivity contribution in [2.45, 2.75) is 25.7 Å². The molecule has 0 spiro atoms. The van der Waals surface area contributed by atoms with Crippen LogP contribution >= 0.6 is 11.6 Å². The quantitative estimate of drug-likeness (QED) is 0.823. The molecule has 7 heteroatoms. The first-order valence-electron chi connectivity index (χ1n) is 7.35. The third kappa shape index (κ3) is 4.01. The summed E-state index contributed by atoms with van der Waals surface area (Å²) in [5.41, 5.74) is 0.400. The Morgan fingerprint density at radius 3 is 2.48 bits per heavy atom. The van der Waals surface area contributed by atoms with E-state index in [2.05, 4.69) is 10.1 Å². The zero-order valence-electron chi connectivity index (χ0n) is 12.7. The van der Waals surface area contributed by atoms with Crippen LogP contribution in [0.25, 0.3) is 0 Å². The number of carboxylic acids is 1. The van der Waals surface area contributed by atoms with Crippen molar-refractivity contribution in [3.05, 3.63) is 28.8 Å². The number of rotatable bonds is 4. The molecule has 0 saturated heterocycles. The third-order valence-electron chi connectivity index (χ3n) is 4.06. The van der Waals surface area contributed by atoms with Gasteiger partial charge in [0.2, 0.25) is 5.91 Å². The first-order valence-corrected chi connectivity index (χ1v) is 7.73. The lowest BCUT2D eigenvalue weighted by atomic mass is 9.78. The van der Waals surface area contributed by atoms with E-state index in [9.17, 15) is 19.5 Å². The predicted molar refractivity (Wildman–Crippen MR) is 84.5 cm³/mol. The van der Waals surface area contributed by atoms with Crippen molar-refractivity contribution in [2.75, 3.05) is 12.4 Å². The van der Waals surface area contributed by atoms with Crippen molar-refractivity contribution in [1.29, 1.82) is 0 Å². The van der Waals surface area contributed by atoms with E-state index in [0.29, 0.717) is 17.9 Å². The van der Waals surface area contributed by atoms with Gasteiger partial charge in [0, 0.05) is 5.02 Å². The third-order valence-corrected chi connectivity index (χ3v) is 4.30. The number of benzene rings is 1. The molecule has 0 bridgehead atoms. The summed E-state index contributed by atoms with van der Waals surface area (Å²) in [6.07, 6.45) is 2.61. The topological polar surface area (TPSA) is 92.7 Å². The summed E-state index contributed by atoms with van der Waals surface area (Å²) in [6, 6.07) is 4.45. The molecule has 1 fully saturated rings. The van der Waals surface area contributed by atoms with Crippen LogP contribution in [0.2, 0.25) is 5.02 Å². The molecule has 2 N–H and O–H groups in total. The molecule has 0 aromatic heterocycles. The fraction of sp³-hybridized carbons (Fsp3) is 0.438. The van der Waals surface area contributed by atoms with E-state index in [-0.39, 0.29) is 11.3 Å². The number of amides is 1. The summed E-state index contributed by atoms with van der Waals surface area (Å²) in [7, 11) is 1.23. The molecular weight excluding hydrogens is 322 g/mol. The summed E-state index contributed by atoms with van der Waals surface area (Å²) in [5, 5.41) is 12.3. The Kier molecular flexibility index (Phi) is 5.60. The standard InChI is InChI=1S/C16H18ClNO5/c1-23-16(22)12-8-9(17)6-7-13(12)18-14(19)10-4-2-3-5-11(10)15(20)21/h6-8,10-11H,2-5H2,1H3,(H,18,19)(H,20,21). The second-order valence-electron chi connectivity index (χ2n) is 5.51. The molecule has 124 valence electrons. The highest BCUT2D eigenvalue weighted by molar-refractivity contribution is 6.31. The maximum Gasteiger partial charge on any atom is 0.340 e. The number of ether oxygens (including phenoxy) is 1. The number of carbonyl (C=O) groups is 3. The average Bonchev–Trinajstić information content (AvgIpc) is 2.55. The predicted octanol–water partition coefficient (Wildman–Crippen LogP) is 2.96. The van der Waals surface area contributed by atoms with Crippen molar-refractivity contribution in [1.82, 2.24) is 0 Å². The van der Waals surface area contributed by atoms with Gasteiger partial charge in [0.1, 0.15) is 0 Å². The smallest absolute Gasteiger partial charge is 0.340 e. The summed E-state index contributed by atoms with van der Waals surface area (Å²) in [4.78, 5) is 35.6. The second kappa shape index (κ2) is 7.46. The van der Waals surface area contributed by atoms with Crippen molar-refractivity contribution >= 4 is 35.1 Å². The second-order valence-corrected chi connectivity index (χ2v) is 5.94. The van der Waals surface area contributed by atoms with Crippen molar-refractivity contribution in [3.8, 4) is 0 Å². The van der Waals surface area contributed by atoms with E-state index in [1.807, 2.05) is 0 Å². The van der Waals surface area contributed by atoms with Crippen LogP contribution in [-0.2, 0) is 14.3 Å². The molecule has 1 aromatic carbocycles. The number of hydrogen-bond donors (Lipinski definition) is 2. The lowest BCUT2D eigenvalue weighted by molar-refractivity contribution is -0.147. The normalized spacial score (nSPS) is 20.6. The fourth-order valence-electron chi connectivity index (χ4n) is 2.87. The maximum absolute atomic E-state index is 12.5. The molecule has 0 heterocycles. The minimum absolute atomic E-state index is 0.135. The van der Waals surface area contributed by atoms with Crippen molar-refractivity contribution < 1.29 is 24.2 Å². The Labute approximate surface area is 138 Å². The minimum atomic E-state index is -0.964. The van der Waals surface area contributed by atoms with Crippen molar-refractivity contribution in [2.24, 2.45) is 11.8 Å². The van der Waals surface area contributed by atoms with E-state index in [1.54, 1.807) is 6.07 Å². The van der Waals surface area contributed by atoms with Gasteiger partial charge in [-0.2, -0.15) is 0 Å². The summed E-state index contributed by atoms with van der Waals surface area (Å²) < 4.78 is 4.68. The average molecular weight is 340 g/mol. The molecule has 23 heavy (non-hydrogen) atoms. The monoisotopic (exact) mass is 339 g/mol. The van der Waals surface area contributed by atoms with Crippen LogP contribution < -0.4 is 5.32 Å². The molecule has 1 aliphatic carbocycles. The van der Waals surface area contributed by atoms with Gasteiger partial charge in [-0.1, -0.05) is 24.4 Å². The molecule has 0 radical (unpaired) electrons. The first-order chi connectivity index (χ1) is 10.9. The van der Waals surface area contributed by atoms with Crippen LogP contribution in [0, 0.1) is 11.8 Å². The van der Waals surface area contributed by atoms with Gasteiger partial charge in [-0.25, -0.2) is 4.79 Å². The molecule has 1 aromatic rings. The Hall–Kier alpha value is -2.08. The molecule has 2 unspecified atom stereocenters. The van der Waals surface area contributed by atoms with Crippen LogP contribution in [0.4, 0.5) is 5.69 Å². The largest absolute Gasteiger partial charge is 0.481 e. The number of aliphatic carboxylic acids is 1. The number of esters is 1. The Morgan fingerprint density at radius 1 is 1.22 bits per heavy atom. The maximum atomic E-state index is 12.5. The highest BCUT2D eigenvalue weighted by Gasteiger charge is 2.36. The molecule has 1 saturated carbocycles. The molecule has 6 nitrogen and oxygen atoms in total. The van der Waals surface area contributed by atoms with Gasteiger partial charge in [0.15, 0.2) is 0 Å². The number of anilines is 1. The number of methoxy groups -OCH3 is 1. The molecular formula is C16H18ClNO5. The Morgan fingerprint density at radius 2 is 1.87 bits per heavy atom. The number of nitrogens with one attached hydrogen (secondary N) is 1. The first kappa shape index (κ1) is 17.3. The highest BCUT2D eigenvalue weighted by atomic mass is 35.5. The van der Waals surface area contributed by atoms with E-state index in [4.69, 9.17) is 11.6 Å². The van der Waals surface area contributed by atoms with Gasteiger partial charge in [-0.15, -0.1) is 0 Å². The van der Waals surface area contributed by atoms with Crippen LogP contribution in [0.1, 0.15) is 36.0 Å². The highest BCUT2D eigenvalue weighted by Crippen LogP contribution is 2.32. The summed E-state index contributed by atoms with van der Waals surface area (Å²) >= 11 is 5.87. The van der Waals surface area contributed by atoms with Crippen LogP contribution in [-0.4, -0.2) is 30.1 Å². The van der Waals surface area contributed by atoms with E-state index >= 15 is 0 Å². The van der Waals surface area contributed by atoms with E-state index in [0.717, 1.165) is 12.8 Å². The summed E-state index contributed by atoms with van der Waals surface area (Å²) in [5.74, 6) is -3.29. The Bertz CT molecular complexity index is 631. The number of carbonyl (C=O) groups excluding carboxylic acids is 2. The van der Waals surface area contributed by atoms with Crippen molar-refractivity contribution in [3.63, 3.8) is 0 Å². The lowest BCUT2D eigenvalue weighted by Gasteiger charge is -2.27. The molecule has 2 rings (SSSR count). The van der Waals surface area contributed by atoms with Gasteiger partial charge in [0.05, 0.1) is 30.2 Å². The minimum Gasteiger partial charge on any atom is -0.481 e. The van der Waals surface area contributed by atoms with Crippen LogP contribution in [0.3, 0.4) is 0 Å². The van der Waals surface area contributed by atoms with E-state index < -0.39 is 29.7 Å².